The number of carbonyl (C=O) groups excluding carboxylic acids is 1. The minimum atomic E-state index is -0.324. The van der Waals surface area contributed by atoms with Gasteiger partial charge in [0.15, 0.2) is 0 Å². The second-order valence-corrected chi connectivity index (χ2v) is 7.37. The molecule has 3 heterocycles. The first-order valence-corrected chi connectivity index (χ1v) is 9.45. The molecule has 0 saturated carbocycles. The van der Waals surface area contributed by atoms with Crippen molar-refractivity contribution in [2.24, 2.45) is 11.8 Å². The zero-order valence-corrected chi connectivity index (χ0v) is 15.9. The largest absolute Gasteiger partial charge is 0.504 e. The van der Waals surface area contributed by atoms with E-state index in [1.807, 2.05) is 6.08 Å². The summed E-state index contributed by atoms with van der Waals surface area (Å²) in [5.41, 5.74) is 4.48. The molecule has 1 fully saturated rings. The zero-order valence-electron chi connectivity index (χ0n) is 15.9. The quantitative estimate of drug-likeness (QED) is 0.389. The molecular formula is C22H26N2O3. The first-order chi connectivity index (χ1) is 13.2. The monoisotopic (exact) mass is 366 g/mol. The van der Waals surface area contributed by atoms with Gasteiger partial charge in [-0.05, 0) is 30.4 Å². The van der Waals surface area contributed by atoms with Gasteiger partial charge in [-0.25, -0.2) is 4.79 Å². The van der Waals surface area contributed by atoms with Gasteiger partial charge in [-0.3, -0.25) is 4.90 Å². The van der Waals surface area contributed by atoms with Gasteiger partial charge in [0, 0.05) is 35.6 Å². The molecule has 1 aromatic carbocycles. The minimum Gasteiger partial charge on any atom is -0.504 e. The molecule has 0 spiro atoms. The van der Waals surface area contributed by atoms with Crippen LogP contribution in [0, 0.1) is 11.8 Å². The third-order valence-electron chi connectivity index (χ3n) is 6.08. The van der Waals surface area contributed by atoms with E-state index >= 15 is 0 Å². The number of piperidine rings is 1. The van der Waals surface area contributed by atoms with Gasteiger partial charge in [-0.15, -0.1) is 6.58 Å². The van der Waals surface area contributed by atoms with Crippen molar-refractivity contribution in [3.8, 4) is 0 Å². The molecule has 5 heteroatoms. The van der Waals surface area contributed by atoms with Crippen LogP contribution in [0.3, 0.4) is 0 Å². The van der Waals surface area contributed by atoms with Crippen LogP contribution in [0.15, 0.2) is 48.8 Å². The van der Waals surface area contributed by atoms with Crippen molar-refractivity contribution in [3.05, 3.63) is 60.0 Å². The Bertz CT molecular complexity index is 898. The number of hydrogen-bond acceptors (Lipinski definition) is 4. The molecule has 2 aliphatic heterocycles. The Balaban J connectivity index is 1.74. The average molecular weight is 366 g/mol. The molecule has 1 saturated heterocycles. The van der Waals surface area contributed by atoms with Crippen molar-refractivity contribution in [2.75, 3.05) is 27.3 Å². The highest BCUT2D eigenvalue weighted by atomic mass is 16.5. The summed E-state index contributed by atoms with van der Waals surface area (Å²) in [6.07, 6.45) is 5.38. The second kappa shape index (κ2) is 7.24. The minimum absolute atomic E-state index is 0.0218. The number of esters is 1. The molecule has 4 rings (SSSR count). The number of aromatic nitrogens is 1. The third-order valence-corrected chi connectivity index (χ3v) is 6.08. The number of benzene rings is 1. The molecular weight excluding hydrogens is 340 g/mol. The lowest BCUT2D eigenvalue weighted by Gasteiger charge is -2.45. The Morgan fingerprint density at radius 3 is 2.89 bits per heavy atom. The van der Waals surface area contributed by atoms with Crippen molar-refractivity contribution in [3.63, 3.8) is 0 Å². The zero-order chi connectivity index (χ0) is 19.0. The highest BCUT2D eigenvalue weighted by Crippen LogP contribution is 2.45. The Labute approximate surface area is 159 Å². The molecule has 2 aliphatic rings. The van der Waals surface area contributed by atoms with Crippen LogP contribution in [0.2, 0.25) is 0 Å². The molecule has 0 amide bonds. The van der Waals surface area contributed by atoms with Gasteiger partial charge in [0.05, 0.1) is 32.1 Å². The van der Waals surface area contributed by atoms with Crippen LogP contribution in [-0.4, -0.2) is 43.2 Å². The number of H-pyrrole nitrogens is 1. The van der Waals surface area contributed by atoms with E-state index in [9.17, 15) is 4.79 Å². The summed E-state index contributed by atoms with van der Waals surface area (Å²) in [6.45, 7) is 5.93. The Kier molecular flexibility index (Phi) is 4.79. The summed E-state index contributed by atoms with van der Waals surface area (Å²) >= 11 is 0. The normalized spacial score (nSPS) is 25.6. The van der Waals surface area contributed by atoms with Gasteiger partial charge >= 0.3 is 5.97 Å². The third kappa shape index (κ3) is 2.96. The van der Waals surface area contributed by atoms with E-state index in [0.29, 0.717) is 5.57 Å². The summed E-state index contributed by atoms with van der Waals surface area (Å²) in [5.74, 6) is -0.115. The maximum Gasteiger partial charge on any atom is 0.337 e. The van der Waals surface area contributed by atoms with Crippen molar-refractivity contribution in [1.82, 2.24) is 9.88 Å². The second-order valence-electron chi connectivity index (χ2n) is 7.37. The maximum atomic E-state index is 12.4. The maximum absolute atomic E-state index is 12.4. The van der Waals surface area contributed by atoms with E-state index in [4.69, 9.17) is 9.47 Å². The van der Waals surface area contributed by atoms with Gasteiger partial charge in [0.2, 0.25) is 0 Å². The molecule has 27 heavy (non-hydrogen) atoms. The average Bonchev–Trinajstić information content (AvgIpc) is 3.09. The number of fused-ring (bicyclic) bond motifs is 5. The first-order valence-electron chi connectivity index (χ1n) is 9.45. The Morgan fingerprint density at radius 1 is 1.33 bits per heavy atom. The molecule has 0 aliphatic carbocycles. The number of rotatable bonds is 4. The molecule has 1 N–H and O–H groups in total. The number of carbonyl (C=O) groups is 1. The Hall–Kier alpha value is -2.53. The number of hydrogen-bond donors (Lipinski definition) is 1. The van der Waals surface area contributed by atoms with Gasteiger partial charge in [-0.2, -0.15) is 0 Å². The lowest BCUT2D eigenvalue weighted by Crippen LogP contribution is -2.46. The summed E-state index contributed by atoms with van der Waals surface area (Å²) in [6, 6.07) is 8.74. The predicted molar refractivity (Wildman–Crippen MR) is 105 cm³/mol. The molecule has 3 atom stereocenters. The molecule has 1 aromatic heterocycles. The lowest BCUT2D eigenvalue weighted by molar-refractivity contribution is -0.137. The van der Waals surface area contributed by atoms with Crippen LogP contribution < -0.4 is 0 Å². The summed E-state index contributed by atoms with van der Waals surface area (Å²) in [7, 11) is 2.98. The van der Waals surface area contributed by atoms with Crippen molar-refractivity contribution in [1.29, 1.82) is 0 Å². The fourth-order valence-electron chi connectivity index (χ4n) is 4.80. The fourth-order valence-corrected chi connectivity index (χ4v) is 4.80. The SMILES string of the molecule is C=CC1CN2CCc3c([nH]c4ccccc34)C2C[C@@H]1/C(=C\OC)C(=O)OC. The first kappa shape index (κ1) is 17.9. The van der Waals surface area contributed by atoms with Crippen molar-refractivity contribution in [2.45, 2.75) is 18.9 Å². The number of nitrogens with one attached hydrogen (secondary N) is 1. The topological polar surface area (TPSA) is 54.6 Å². The predicted octanol–water partition coefficient (Wildman–Crippen LogP) is 3.59. The number of nitrogens with zero attached hydrogens (tertiary/aromatic N) is 1. The van der Waals surface area contributed by atoms with Crippen LogP contribution in [0.1, 0.15) is 23.7 Å². The summed E-state index contributed by atoms with van der Waals surface area (Å²) < 4.78 is 10.2. The Morgan fingerprint density at radius 2 is 2.15 bits per heavy atom. The van der Waals surface area contributed by atoms with Crippen LogP contribution in [0.4, 0.5) is 0 Å². The van der Waals surface area contributed by atoms with E-state index in [-0.39, 0.29) is 23.8 Å². The molecule has 5 nitrogen and oxygen atoms in total. The highest BCUT2D eigenvalue weighted by molar-refractivity contribution is 5.89. The van der Waals surface area contributed by atoms with Gasteiger partial charge in [0.25, 0.3) is 0 Å². The number of para-hydroxylation sites is 1. The van der Waals surface area contributed by atoms with Crippen LogP contribution in [-0.2, 0) is 20.7 Å². The molecule has 0 radical (unpaired) electrons. The molecule has 2 aromatic rings. The van der Waals surface area contributed by atoms with Crippen LogP contribution in [0.25, 0.3) is 10.9 Å². The summed E-state index contributed by atoms with van der Waals surface area (Å²) in [5, 5.41) is 1.31. The van der Waals surface area contributed by atoms with Crippen molar-refractivity contribution >= 4 is 16.9 Å². The molecule has 0 bridgehead atoms. The van der Waals surface area contributed by atoms with Crippen LogP contribution in [0.5, 0.6) is 0 Å². The molecule has 2 unspecified atom stereocenters. The fraction of sp³-hybridized carbons (Fsp3) is 0.409. The van der Waals surface area contributed by atoms with Gasteiger partial charge in [0.1, 0.15) is 0 Å². The number of ether oxygens (including phenoxy) is 2. The summed E-state index contributed by atoms with van der Waals surface area (Å²) in [4.78, 5) is 18.5. The van der Waals surface area contributed by atoms with Gasteiger partial charge < -0.3 is 14.5 Å². The van der Waals surface area contributed by atoms with E-state index < -0.39 is 0 Å². The standard InChI is InChI=1S/C22H26N2O3/c1-4-14-12-24-10-9-16-15-7-5-6-8-19(15)23-21(16)20(24)11-17(14)18(13-26-2)22(25)27-3/h4-8,13-14,17,20,23H,1,9-12H2,2-3H3/b18-13+/t14?,17-,20?/m0/s1. The van der Waals surface area contributed by atoms with Gasteiger partial charge in [-0.1, -0.05) is 24.3 Å². The van der Waals surface area contributed by atoms with E-state index in [0.717, 1.165) is 25.9 Å². The van der Waals surface area contributed by atoms with Crippen molar-refractivity contribution < 1.29 is 14.3 Å². The van der Waals surface area contributed by atoms with E-state index in [1.54, 1.807) is 7.11 Å². The van der Waals surface area contributed by atoms with E-state index in [2.05, 4.69) is 40.7 Å². The lowest BCUT2D eigenvalue weighted by atomic mass is 9.75. The van der Waals surface area contributed by atoms with E-state index in [1.165, 1.54) is 35.5 Å². The highest BCUT2D eigenvalue weighted by Gasteiger charge is 2.42. The van der Waals surface area contributed by atoms with Crippen LogP contribution >= 0.6 is 0 Å². The number of methoxy groups -OCH3 is 2. The smallest absolute Gasteiger partial charge is 0.337 e. The molecule has 142 valence electrons. The number of aromatic amines is 1.